The maximum atomic E-state index is 14.6. The summed E-state index contributed by atoms with van der Waals surface area (Å²) in [6.45, 7) is 3.38. The summed E-state index contributed by atoms with van der Waals surface area (Å²) in [5, 5.41) is 2.25. The Bertz CT molecular complexity index is 1240. The van der Waals surface area contributed by atoms with Crippen molar-refractivity contribution < 1.29 is 40.4 Å². The molecule has 13 heteroatoms. The Labute approximate surface area is 199 Å². The zero-order valence-corrected chi connectivity index (χ0v) is 20.0. The predicted octanol–water partition coefficient (Wildman–Crippen LogP) is 4.87. The molecule has 1 aliphatic rings. The number of ether oxygens (including phenoxy) is 2. The van der Waals surface area contributed by atoms with Gasteiger partial charge in [0, 0.05) is 35.5 Å². The van der Waals surface area contributed by atoms with Crippen molar-refractivity contribution >= 4 is 21.3 Å². The van der Waals surface area contributed by atoms with E-state index in [0.29, 0.717) is 0 Å². The Balaban J connectivity index is 2.10. The second-order valence-electron chi connectivity index (χ2n) is 8.39. The molecule has 35 heavy (non-hydrogen) atoms. The summed E-state index contributed by atoms with van der Waals surface area (Å²) in [5.41, 5.74) is -2.92. The second kappa shape index (κ2) is 9.34. The first-order chi connectivity index (χ1) is 16.1. The van der Waals surface area contributed by atoms with Crippen molar-refractivity contribution in [3.05, 3.63) is 47.7 Å². The number of benzene rings is 1. The van der Waals surface area contributed by atoms with E-state index in [1.165, 1.54) is 26.1 Å². The number of nitrogens with zero attached hydrogens (tertiary/aromatic N) is 1. The molecule has 0 radical (unpaired) electrons. The molecule has 7 nitrogen and oxygen atoms in total. The van der Waals surface area contributed by atoms with Gasteiger partial charge in [0.1, 0.15) is 11.1 Å². The smallest absolute Gasteiger partial charge is 0.417 e. The number of halogens is 5. The molecule has 1 fully saturated rings. The van der Waals surface area contributed by atoms with Gasteiger partial charge in [0.05, 0.1) is 16.3 Å². The Morgan fingerprint density at radius 1 is 1.31 bits per heavy atom. The summed E-state index contributed by atoms with van der Waals surface area (Å²) in [7, 11) is -3.24. The molecule has 1 saturated heterocycles. The van der Waals surface area contributed by atoms with Crippen molar-refractivity contribution in [2.75, 3.05) is 18.2 Å². The quantitative estimate of drug-likeness (QED) is 0.528. The van der Waals surface area contributed by atoms with Crippen molar-refractivity contribution in [1.82, 2.24) is 4.98 Å². The van der Waals surface area contributed by atoms with Crippen molar-refractivity contribution in [3.63, 3.8) is 0 Å². The molecule has 2 N–H and O–H groups in total. The number of alkyl halides is 3. The van der Waals surface area contributed by atoms with Gasteiger partial charge in [-0.3, -0.25) is 4.79 Å². The van der Waals surface area contributed by atoms with Crippen molar-refractivity contribution in [1.29, 1.82) is 4.78 Å². The normalized spacial score (nSPS) is 26.3. The summed E-state index contributed by atoms with van der Waals surface area (Å²) in [5.74, 6) is -7.02. The maximum absolute atomic E-state index is 14.6. The molecule has 1 aromatic carbocycles. The average Bonchev–Trinajstić information content (AvgIpc) is 3.03. The lowest BCUT2D eigenvalue weighted by Crippen LogP contribution is -2.47. The molecule has 0 spiro atoms. The van der Waals surface area contributed by atoms with Crippen LogP contribution in [0.25, 0.3) is 0 Å². The highest BCUT2D eigenvalue weighted by molar-refractivity contribution is 7.91. The molecule has 3 rings (SSSR count). The zero-order valence-electron chi connectivity index (χ0n) is 19.2. The van der Waals surface area contributed by atoms with E-state index in [1.54, 1.807) is 0 Å². The highest BCUT2D eigenvalue weighted by atomic mass is 32.2. The molecule has 2 heterocycles. The minimum Gasteiger partial charge on any atom is -0.490 e. The van der Waals surface area contributed by atoms with Gasteiger partial charge in [0.2, 0.25) is 5.82 Å². The number of carbonyl (C=O) groups excluding carboxylic acids is 1. The first-order valence-electron chi connectivity index (χ1n) is 10.5. The molecule has 0 bridgehead atoms. The van der Waals surface area contributed by atoms with Crippen LogP contribution in [-0.4, -0.2) is 45.8 Å². The monoisotopic (exact) mass is 521 g/mol. The standard InChI is InChI=1S/C22H24F5N3O4S/c1-5-33-18-13(6-7-14(23)17(18)24)16-11(2)21(3,22(25,26)27)34-19(16)20(31)30-12-8-9-29-15(10-12)35(4,28)32/h6-11,16,19,28H,5H2,1-4H3,(H,29,30,31)/t11-,16?,19+,21+,35+/m0/s1. The van der Waals surface area contributed by atoms with Gasteiger partial charge in [0.15, 0.2) is 17.2 Å². The zero-order chi connectivity index (χ0) is 26.3. The van der Waals surface area contributed by atoms with Crippen molar-refractivity contribution in [3.8, 4) is 5.75 Å². The first kappa shape index (κ1) is 26.8. The van der Waals surface area contributed by atoms with E-state index in [0.717, 1.165) is 31.4 Å². The van der Waals surface area contributed by atoms with Crippen molar-refractivity contribution in [2.45, 2.75) is 49.6 Å². The average molecular weight is 522 g/mol. The van der Waals surface area contributed by atoms with Crippen LogP contribution in [0.5, 0.6) is 5.75 Å². The number of aromatic nitrogens is 1. The maximum Gasteiger partial charge on any atom is 0.417 e. The van der Waals surface area contributed by atoms with Crippen LogP contribution in [-0.2, 0) is 19.3 Å². The van der Waals surface area contributed by atoms with Gasteiger partial charge in [-0.2, -0.15) is 17.6 Å². The SMILES string of the molecule is CCOc1c(C2[C@H](C(=O)Nc3ccnc([S@](C)(=N)=O)c3)O[C@@](C)(C(F)(F)F)[C@H]2C)ccc(F)c1F. The van der Waals surface area contributed by atoms with Gasteiger partial charge in [0.25, 0.3) is 5.91 Å². The van der Waals surface area contributed by atoms with Crippen LogP contribution in [0.15, 0.2) is 35.5 Å². The molecule has 192 valence electrons. The van der Waals surface area contributed by atoms with Crippen LogP contribution in [0.3, 0.4) is 0 Å². The van der Waals surface area contributed by atoms with Gasteiger partial charge in [-0.15, -0.1) is 0 Å². The summed E-state index contributed by atoms with van der Waals surface area (Å²) in [6, 6.07) is 4.28. The Morgan fingerprint density at radius 2 is 1.97 bits per heavy atom. The van der Waals surface area contributed by atoms with E-state index < -0.39 is 62.7 Å². The molecule has 2 aromatic rings. The minimum absolute atomic E-state index is 0.0211. The fraction of sp³-hybridized carbons (Fsp3) is 0.455. The van der Waals surface area contributed by atoms with Gasteiger partial charge in [-0.1, -0.05) is 13.0 Å². The third kappa shape index (κ3) is 4.96. The van der Waals surface area contributed by atoms with E-state index in [-0.39, 0.29) is 22.9 Å². The third-order valence-electron chi connectivity index (χ3n) is 6.06. The number of nitrogens with one attached hydrogen (secondary N) is 2. The van der Waals surface area contributed by atoms with Crippen LogP contribution in [0.2, 0.25) is 0 Å². The molecule has 1 aromatic heterocycles. The van der Waals surface area contributed by atoms with E-state index in [2.05, 4.69) is 10.3 Å². The summed E-state index contributed by atoms with van der Waals surface area (Å²) in [4.78, 5) is 17.0. The molecular weight excluding hydrogens is 497 g/mol. The molecule has 1 aliphatic heterocycles. The Kier molecular flexibility index (Phi) is 7.15. The number of hydrogen-bond acceptors (Lipinski definition) is 6. The number of amides is 1. The highest BCUT2D eigenvalue weighted by Crippen LogP contribution is 2.55. The largest absolute Gasteiger partial charge is 0.490 e. The predicted molar refractivity (Wildman–Crippen MR) is 117 cm³/mol. The molecular formula is C22H24F5N3O4S. The Morgan fingerprint density at radius 3 is 2.54 bits per heavy atom. The van der Waals surface area contributed by atoms with E-state index in [9.17, 15) is 31.0 Å². The van der Waals surface area contributed by atoms with Gasteiger partial charge in [-0.05, 0) is 32.0 Å². The lowest BCUT2D eigenvalue weighted by Gasteiger charge is -2.32. The second-order valence-corrected chi connectivity index (χ2v) is 10.5. The van der Waals surface area contributed by atoms with E-state index in [1.807, 2.05) is 0 Å². The number of pyridine rings is 1. The third-order valence-corrected chi connectivity index (χ3v) is 7.08. The molecule has 0 aliphatic carbocycles. The topological polar surface area (TPSA) is 101 Å². The molecule has 1 amide bonds. The fourth-order valence-electron chi connectivity index (χ4n) is 4.04. The van der Waals surface area contributed by atoms with E-state index in [4.69, 9.17) is 14.3 Å². The number of rotatable bonds is 6. The Hall–Kier alpha value is -2.80. The van der Waals surface area contributed by atoms with Crippen LogP contribution >= 0.6 is 0 Å². The molecule has 5 atom stereocenters. The van der Waals surface area contributed by atoms with Crippen molar-refractivity contribution in [2.24, 2.45) is 5.92 Å². The molecule has 1 unspecified atom stereocenters. The van der Waals surface area contributed by atoms with E-state index >= 15 is 0 Å². The van der Waals surface area contributed by atoms with Crippen LogP contribution in [0.4, 0.5) is 27.6 Å². The first-order valence-corrected chi connectivity index (χ1v) is 12.4. The summed E-state index contributed by atoms with van der Waals surface area (Å²) >= 11 is 0. The fourth-order valence-corrected chi connectivity index (χ4v) is 4.65. The lowest BCUT2D eigenvalue weighted by atomic mass is 9.77. The number of anilines is 1. The number of hydrogen-bond donors (Lipinski definition) is 2. The van der Waals surface area contributed by atoms with Gasteiger partial charge < -0.3 is 14.8 Å². The van der Waals surface area contributed by atoms with Gasteiger partial charge >= 0.3 is 6.18 Å². The summed E-state index contributed by atoms with van der Waals surface area (Å²) < 4.78 is 101. The summed E-state index contributed by atoms with van der Waals surface area (Å²) in [6.07, 6.45) is -4.38. The van der Waals surface area contributed by atoms with Crippen LogP contribution in [0, 0.1) is 22.3 Å². The number of carbonyl (C=O) groups is 1. The van der Waals surface area contributed by atoms with Crippen LogP contribution < -0.4 is 10.1 Å². The molecule has 0 saturated carbocycles. The lowest BCUT2D eigenvalue weighted by molar-refractivity contribution is -0.272. The van der Waals surface area contributed by atoms with Gasteiger partial charge in [-0.25, -0.2) is 18.4 Å². The minimum atomic E-state index is -4.90. The highest BCUT2D eigenvalue weighted by Gasteiger charge is 2.65. The van der Waals surface area contributed by atoms with Crippen LogP contribution in [0.1, 0.15) is 32.3 Å².